The van der Waals surface area contributed by atoms with Crippen LogP contribution in [0, 0.1) is 5.82 Å². The van der Waals surface area contributed by atoms with Gasteiger partial charge < -0.3 is 4.57 Å². The molecule has 176 valence electrons. The summed E-state index contributed by atoms with van der Waals surface area (Å²) in [5.74, 6) is -0.766. The summed E-state index contributed by atoms with van der Waals surface area (Å²) in [5, 5.41) is 1.67. The number of fused-ring (bicyclic) bond motifs is 1. The molecule has 1 aliphatic rings. The number of carbonyl (C=O) groups is 2. The van der Waals surface area contributed by atoms with Crippen LogP contribution >= 0.6 is 46.6 Å². The number of nitrogens with zero attached hydrogens (tertiary/aromatic N) is 2. The second kappa shape index (κ2) is 9.70. The Morgan fingerprint density at radius 3 is 2.46 bits per heavy atom. The van der Waals surface area contributed by atoms with E-state index >= 15 is 0 Å². The quantitative estimate of drug-likeness (QED) is 0.238. The SMILES string of the molecule is O=C1SC(=Cc2cn(Cc3ccc(F)cc3Cl)c3ccccc23)C(=O)N1Cc1ccc(Cl)c(Cl)c1. The molecule has 0 N–H and O–H groups in total. The van der Waals surface area contributed by atoms with Crippen molar-refractivity contribution in [3.63, 3.8) is 0 Å². The Morgan fingerprint density at radius 1 is 0.886 bits per heavy atom. The lowest BCUT2D eigenvalue weighted by Crippen LogP contribution is -2.27. The Kier molecular flexibility index (Phi) is 6.64. The molecule has 1 saturated heterocycles. The molecule has 2 amide bonds. The van der Waals surface area contributed by atoms with Crippen LogP contribution in [0.15, 0.2) is 71.8 Å². The van der Waals surface area contributed by atoms with Crippen molar-refractivity contribution in [2.24, 2.45) is 0 Å². The highest BCUT2D eigenvalue weighted by molar-refractivity contribution is 8.18. The van der Waals surface area contributed by atoms with Gasteiger partial charge in [0, 0.05) is 34.2 Å². The molecule has 0 aliphatic carbocycles. The van der Waals surface area contributed by atoms with Gasteiger partial charge in [0.25, 0.3) is 11.1 Å². The van der Waals surface area contributed by atoms with E-state index in [0.717, 1.165) is 33.8 Å². The van der Waals surface area contributed by atoms with Gasteiger partial charge >= 0.3 is 0 Å². The Labute approximate surface area is 219 Å². The lowest BCUT2D eigenvalue weighted by Gasteiger charge is -2.12. The van der Waals surface area contributed by atoms with E-state index in [1.165, 1.54) is 17.0 Å². The summed E-state index contributed by atoms with van der Waals surface area (Å²) in [6.07, 6.45) is 3.63. The van der Waals surface area contributed by atoms with Crippen molar-refractivity contribution in [2.75, 3.05) is 0 Å². The molecule has 35 heavy (non-hydrogen) atoms. The van der Waals surface area contributed by atoms with Crippen LogP contribution in [0.5, 0.6) is 0 Å². The number of hydrogen-bond acceptors (Lipinski definition) is 3. The molecule has 9 heteroatoms. The first-order valence-corrected chi connectivity index (χ1v) is 12.5. The third-order valence-electron chi connectivity index (χ3n) is 5.66. The molecule has 0 bridgehead atoms. The Bertz CT molecular complexity index is 1530. The van der Waals surface area contributed by atoms with Crippen molar-refractivity contribution < 1.29 is 14.0 Å². The molecule has 1 fully saturated rings. The molecule has 4 nitrogen and oxygen atoms in total. The van der Waals surface area contributed by atoms with E-state index in [1.807, 2.05) is 35.0 Å². The fourth-order valence-corrected chi connectivity index (χ4v) is 5.33. The molecule has 0 unspecified atom stereocenters. The molecule has 2 heterocycles. The highest BCUT2D eigenvalue weighted by atomic mass is 35.5. The lowest BCUT2D eigenvalue weighted by molar-refractivity contribution is -0.123. The monoisotopic (exact) mass is 544 g/mol. The average Bonchev–Trinajstić information content (AvgIpc) is 3.30. The number of hydrogen-bond donors (Lipinski definition) is 0. The fourth-order valence-electron chi connectivity index (χ4n) is 3.95. The van der Waals surface area contributed by atoms with Gasteiger partial charge in [0.2, 0.25) is 0 Å². The van der Waals surface area contributed by atoms with Crippen molar-refractivity contribution in [3.8, 4) is 0 Å². The second-order valence-electron chi connectivity index (χ2n) is 7.98. The third kappa shape index (κ3) is 4.84. The Morgan fingerprint density at radius 2 is 1.69 bits per heavy atom. The van der Waals surface area contributed by atoms with E-state index in [-0.39, 0.29) is 17.7 Å². The van der Waals surface area contributed by atoms with Crippen LogP contribution < -0.4 is 0 Å². The van der Waals surface area contributed by atoms with E-state index in [4.69, 9.17) is 34.8 Å². The minimum atomic E-state index is -0.395. The number of halogens is 4. The molecule has 0 atom stereocenters. The van der Waals surface area contributed by atoms with E-state index in [1.54, 1.807) is 30.3 Å². The van der Waals surface area contributed by atoms with E-state index < -0.39 is 5.82 Å². The summed E-state index contributed by atoms with van der Waals surface area (Å²) in [6.45, 7) is 0.524. The number of imide groups is 1. The molecule has 3 aromatic carbocycles. The number of para-hydroxylation sites is 1. The maximum atomic E-state index is 13.5. The first-order valence-electron chi connectivity index (χ1n) is 10.5. The lowest BCUT2D eigenvalue weighted by atomic mass is 10.1. The van der Waals surface area contributed by atoms with Crippen molar-refractivity contribution in [2.45, 2.75) is 13.1 Å². The van der Waals surface area contributed by atoms with Crippen molar-refractivity contribution >= 4 is 74.7 Å². The van der Waals surface area contributed by atoms with Crippen LogP contribution in [-0.2, 0) is 17.9 Å². The average molecular weight is 546 g/mol. The highest BCUT2D eigenvalue weighted by Crippen LogP contribution is 2.36. The van der Waals surface area contributed by atoms with Crippen LogP contribution in [0.25, 0.3) is 17.0 Å². The largest absolute Gasteiger partial charge is 0.342 e. The molecule has 1 aliphatic heterocycles. The first kappa shape index (κ1) is 23.9. The number of rotatable bonds is 5. The van der Waals surface area contributed by atoms with E-state index in [0.29, 0.717) is 32.1 Å². The number of benzene rings is 3. The summed E-state index contributed by atoms with van der Waals surface area (Å²) in [7, 11) is 0. The molecule has 4 aromatic rings. The molecule has 1 aromatic heterocycles. The van der Waals surface area contributed by atoms with Crippen LogP contribution in [-0.4, -0.2) is 20.6 Å². The zero-order valence-electron chi connectivity index (χ0n) is 18.0. The van der Waals surface area contributed by atoms with Gasteiger partial charge in [0.05, 0.1) is 21.5 Å². The first-order chi connectivity index (χ1) is 16.8. The molecule has 0 spiro atoms. The molecular formula is C26H16Cl3FN2O2S. The standard InChI is InChI=1S/C26H16Cl3FN2O2S/c27-20-8-5-15(9-22(20)29)12-32-25(33)24(35-26(32)34)10-17-14-31(23-4-2-1-3-19(17)23)13-16-6-7-18(30)11-21(16)28/h1-11,14H,12-13H2. The molecule has 5 rings (SSSR count). The van der Waals surface area contributed by atoms with Gasteiger partial charge in [-0.3, -0.25) is 14.5 Å². The van der Waals surface area contributed by atoms with Gasteiger partial charge in [-0.25, -0.2) is 4.39 Å². The van der Waals surface area contributed by atoms with Gasteiger partial charge in [0.1, 0.15) is 5.82 Å². The third-order valence-corrected chi connectivity index (χ3v) is 7.66. The second-order valence-corrected chi connectivity index (χ2v) is 10.2. The minimum Gasteiger partial charge on any atom is -0.342 e. The summed E-state index contributed by atoms with van der Waals surface area (Å²) in [6, 6.07) is 17.1. The van der Waals surface area contributed by atoms with Crippen molar-refractivity contribution in [3.05, 3.63) is 109 Å². The summed E-state index contributed by atoms with van der Waals surface area (Å²) in [4.78, 5) is 27.2. The van der Waals surface area contributed by atoms with Crippen LogP contribution in [0.2, 0.25) is 15.1 Å². The maximum Gasteiger partial charge on any atom is 0.293 e. The Balaban J connectivity index is 1.46. The fraction of sp³-hybridized carbons (Fsp3) is 0.0769. The number of carbonyl (C=O) groups excluding carboxylic acids is 2. The van der Waals surface area contributed by atoms with Gasteiger partial charge in [-0.1, -0.05) is 65.1 Å². The zero-order valence-corrected chi connectivity index (χ0v) is 21.1. The molecule has 0 saturated carbocycles. The normalized spacial score (nSPS) is 15.1. The highest BCUT2D eigenvalue weighted by Gasteiger charge is 2.35. The van der Waals surface area contributed by atoms with E-state index in [2.05, 4.69) is 0 Å². The summed E-state index contributed by atoms with van der Waals surface area (Å²) >= 11 is 19.2. The molecule has 0 radical (unpaired) electrons. The predicted octanol–water partition coefficient (Wildman–Crippen LogP) is 8.03. The van der Waals surface area contributed by atoms with Crippen molar-refractivity contribution in [1.29, 1.82) is 0 Å². The topological polar surface area (TPSA) is 42.3 Å². The molecular weight excluding hydrogens is 530 g/mol. The number of thioether (sulfide) groups is 1. The van der Waals surface area contributed by atoms with Gasteiger partial charge in [0.15, 0.2) is 0 Å². The van der Waals surface area contributed by atoms with Crippen LogP contribution in [0.4, 0.5) is 9.18 Å². The van der Waals surface area contributed by atoms with Crippen LogP contribution in [0.3, 0.4) is 0 Å². The zero-order chi connectivity index (χ0) is 24.7. The summed E-state index contributed by atoms with van der Waals surface area (Å²) < 4.78 is 15.5. The van der Waals surface area contributed by atoms with Gasteiger partial charge in [-0.2, -0.15) is 0 Å². The van der Waals surface area contributed by atoms with Crippen LogP contribution in [0.1, 0.15) is 16.7 Å². The minimum absolute atomic E-state index is 0.101. The smallest absolute Gasteiger partial charge is 0.293 e. The number of aromatic nitrogens is 1. The van der Waals surface area contributed by atoms with E-state index in [9.17, 15) is 14.0 Å². The van der Waals surface area contributed by atoms with Crippen molar-refractivity contribution in [1.82, 2.24) is 9.47 Å². The predicted molar refractivity (Wildman–Crippen MR) is 140 cm³/mol. The Hall–Kier alpha value is -2.77. The number of amides is 2. The summed E-state index contributed by atoms with van der Waals surface area (Å²) in [5.41, 5.74) is 3.19. The van der Waals surface area contributed by atoms with Gasteiger partial charge in [-0.05, 0) is 59.3 Å². The van der Waals surface area contributed by atoms with Gasteiger partial charge in [-0.15, -0.1) is 0 Å². The maximum absolute atomic E-state index is 13.5.